The molecule has 0 heterocycles. The van der Waals surface area contributed by atoms with Crippen LogP contribution in [0.1, 0.15) is 51.2 Å². The Kier molecular flexibility index (Phi) is 5.90. The molecule has 0 saturated carbocycles. The van der Waals surface area contributed by atoms with Gasteiger partial charge in [-0.1, -0.05) is 33.3 Å². The lowest BCUT2D eigenvalue weighted by Crippen LogP contribution is -2.39. The fourth-order valence-corrected chi connectivity index (χ4v) is 2.96. The fraction of sp³-hybridized carbons (Fsp3) is 0.667. The number of benzene rings is 1. The Bertz CT molecular complexity index is 416. The molecule has 1 N–H and O–H groups in total. The molecule has 0 fully saturated rings. The number of ether oxygens (including phenoxy) is 1. The van der Waals surface area contributed by atoms with Crippen molar-refractivity contribution in [2.75, 3.05) is 13.2 Å². The summed E-state index contributed by atoms with van der Waals surface area (Å²) in [6.45, 7) is 8.47. The molecule has 20 heavy (non-hydrogen) atoms. The van der Waals surface area contributed by atoms with E-state index >= 15 is 0 Å². The van der Waals surface area contributed by atoms with Crippen molar-refractivity contribution in [3.05, 3.63) is 29.3 Å². The number of hydrogen-bond acceptors (Lipinski definition) is 2. The largest absolute Gasteiger partial charge is 0.492 e. The van der Waals surface area contributed by atoms with Gasteiger partial charge in [0, 0.05) is 6.04 Å². The van der Waals surface area contributed by atoms with Gasteiger partial charge in [-0.15, -0.1) is 0 Å². The average Bonchev–Trinajstić information content (AvgIpc) is 2.50. The predicted molar refractivity (Wildman–Crippen MR) is 85.5 cm³/mol. The van der Waals surface area contributed by atoms with Crippen LogP contribution in [0.15, 0.2) is 18.2 Å². The summed E-state index contributed by atoms with van der Waals surface area (Å²) in [5, 5.41) is 3.54. The Hall–Kier alpha value is -1.02. The van der Waals surface area contributed by atoms with Crippen LogP contribution < -0.4 is 10.1 Å². The van der Waals surface area contributed by atoms with Gasteiger partial charge in [-0.3, -0.25) is 0 Å². The van der Waals surface area contributed by atoms with E-state index in [0.29, 0.717) is 12.0 Å². The van der Waals surface area contributed by atoms with Crippen molar-refractivity contribution in [2.45, 2.75) is 58.9 Å². The molecule has 0 aliphatic heterocycles. The molecule has 0 spiro atoms. The second-order valence-corrected chi connectivity index (χ2v) is 6.00. The van der Waals surface area contributed by atoms with E-state index in [4.69, 9.17) is 4.74 Å². The van der Waals surface area contributed by atoms with Crippen molar-refractivity contribution < 1.29 is 4.74 Å². The first kappa shape index (κ1) is 15.4. The topological polar surface area (TPSA) is 21.3 Å². The standard InChI is InChI=1S/C18H29NO/c1-4-14(3)18(19-5-2)13-20-17-11-10-15-8-6-7-9-16(15)12-17/h10-12,14,18-19H,4-9,13H2,1-3H3. The van der Waals surface area contributed by atoms with Crippen LogP contribution in [0.3, 0.4) is 0 Å². The van der Waals surface area contributed by atoms with Crippen LogP contribution in [-0.2, 0) is 12.8 Å². The Labute approximate surface area is 123 Å². The normalized spacial score (nSPS) is 17.4. The van der Waals surface area contributed by atoms with E-state index in [1.807, 2.05) is 0 Å². The van der Waals surface area contributed by atoms with Gasteiger partial charge in [0.15, 0.2) is 0 Å². The molecule has 1 aromatic carbocycles. The van der Waals surface area contributed by atoms with Crippen molar-refractivity contribution in [1.29, 1.82) is 0 Å². The summed E-state index contributed by atoms with van der Waals surface area (Å²) in [5.41, 5.74) is 3.02. The van der Waals surface area contributed by atoms with Crippen molar-refractivity contribution in [2.24, 2.45) is 5.92 Å². The van der Waals surface area contributed by atoms with Crippen LogP contribution in [0.4, 0.5) is 0 Å². The maximum atomic E-state index is 6.05. The fourth-order valence-electron chi connectivity index (χ4n) is 2.96. The van der Waals surface area contributed by atoms with E-state index in [1.54, 1.807) is 0 Å². The van der Waals surface area contributed by atoms with E-state index < -0.39 is 0 Å². The molecule has 2 unspecified atom stereocenters. The van der Waals surface area contributed by atoms with Crippen LogP contribution in [0.2, 0.25) is 0 Å². The summed E-state index contributed by atoms with van der Waals surface area (Å²) in [5.74, 6) is 1.68. The minimum atomic E-state index is 0.445. The first-order valence-electron chi connectivity index (χ1n) is 8.22. The lowest BCUT2D eigenvalue weighted by Gasteiger charge is -2.24. The molecule has 0 radical (unpaired) electrons. The van der Waals surface area contributed by atoms with Gasteiger partial charge in [-0.25, -0.2) is 0 Å². The first-order valence-corrected chi connectivity index (χ1v) is 8.22. The summed E-state index contributed by atoms with van der Waals surface area (Å²) < 4.78 is 6.05. The van der Waals surface area contributed by atoms with E-state index in [2.05, 4.69) is 44.3 Å². The van der Waals surface area contributed by atoms with Crippen LogP contribution in [0.5, 0.6) is 5.75 Å². The van der Waals surface area contributed by atoms with Gasteiger partial charge >= 0.3 is 0 Å². The lowest BCUT2D eigenvalue weighted by atomic mass is 9.92. The molecule has 2 rings (SSSR count). The SMILES string of the molecule is CCNC(COc1ccc2c(c1)CCCC2)C(C)CC. The lowest BCUT2D eigenvalue weighted by molar-refractivity contribution is 0.222. The third-order valence-corrected chi connectivity index (χ3v) is 4.55. The average molecular weight is 275 g/mol. The number of rotatable bonds is 7. The van der Waals surface area contributed by atoms with Gasteiger partial charge in [-0.2, -0.15) is 0 Å². The second kappa shape index (κ2) is 7.68. The number of likely N-dealkylation sites (N-methyl/N-ethyl adjacent to an activating group) is 1. The quantitative estimate of drug-likeness (QED) is 0.813. The van der Waals surface area contributed by atoms with Crippen molar-refractivity contribution >= 4 is 0 Å². The van der Waals surface area contributed by atoms with Crippen LogP contribution in [0, 0.1) is 5.92 Å². The molecule has 1 aliphatic rings. The zero-order chi connectivity index (χ0) is 14.4. The molecule has 0 aromatic heterocycles. The molecule has 112 valence electrons. The van der Waals surface area contributed by atoms with Gasteiger partial charge in [0.2, 0.25) is 0 Å². The Morgan fingerprint density at radius 3 is 2.60 bits per heavy atom. The maximum absolute atomic E-state index is 6.05. The summed E-state index contributed by atoms with van der Waals surface area (Å²) in [7, 11) is 0. The molecule has 0 saturated heterocycles. The van der Waals surface area contributed by atoms with Crippen LogP contribution in [0.25, 0.3) is 0 Å². The zero-order valence-electron chi connectivity index (χ0n) is 13.2. The van der Waals surface area contributed by atoms with Gasteiger partial charge in [0.05, 0.1) is 0 Å². The number of hydrogen-bond donors (Lipinski definition) is 1. The third kappa shape index (κ3) is 3.99. The minimum absolute atomic E-state index is 0.445. The van der Waals surface area contributed by atoms with Gasteiger partial charge in [0.25, 0.3) is 0 Å². The summed E-state index contributed by atoms with van der Waals surface area (Å²) in [6.07, 6.45) is 6.30. The molecule has 2 heteroatoms. The minimum Gasteiger partial charge on any atom is -0.492 e. The van der Waals surface area contributed by atoms with Crippen molar-refractivity contribution in [3.63, 3.8) is 0 Å². The van der Waals surface area contributed by atoms with Crippen LogP contribution >= 0.6 is 0 Å². The van der Waals surface area contributed by atoms with Gasteiger partial charge < -0.3 is 10.1 Å². The Morgan fingerprint density at radius 2 is 1.90 bits per heavy atom. The molecule has 2 nitrogen and oxygen atoms in total. The molecule has 2 atom stereocenters. The predicted octanol–water partition coefficient (Wildman–Crippen LogP) is 3.97. The molecular weight excluding hydrogens is 246 g/mol. The first-order chi connectivity index (χ1) is 9.74. The van der Waals surface area contributed by atoms with Gasteiger partial charge in [0.1, 0.15) is 12.4 Å². The monoisotopic (exact) mass is 275 g/mol. The Balaban J connectivity index is 1.95. The van der Waals surface area contributed by atoms with Crippen LogP contribution in [-0.4, -0.2) is 19.2 Å². The molecule has 1 aliphatic carbocycles. The number of fused-ring (bicyclic) bond motifs is 1. The zero-order valence-corrected chi connectivity index (χ0v) is 13.2. The van der Waals surface area contributed by atoms with E-state index in [1.165, 1.54) is 43.2 Å². The van der Waals surface area contributed by atoms with E-state index in [9.17, 15) is 0 Å². The Morgan fingerprint density at radius 1 is 1.15 bits per heavy atom. The molecule has 0 bridgehead atoms. The van der Waals surface area contributed by atoms with E-state index in [0.717, 1.165) is 18.9 Å². The van der Waals surface area contributed by atoms with E-state index in [-0.39, 0.29) is 0 Å². The third-order valence-electron chi connectivity index (χ3n) is 4.55. The molecular formula is C18H29NO. The summed E-state index contributed by atoms with van der Waals surface area (Å²) >= 11 is 0. The number of aryl methyl sites for hydroxylation is 2. The summed E-state index contributed by atoms with van der Waals surface area (Å²) in [6, 6.07) is 7.11. The molecule has 1 aromatic rings. The highest BCUT2D eigenvalue weighted by molar-refractivity contribution is 5.37. The highest BCUT2D eigenvalue weighted by Crippen LogP contribution is 2.25. The number of nitrogens with one attached hydrogen (secondary N) is 1. The van der Waals surface area contributed by atoms with Crippen molar-refractivity contribution in [1.82, 2.24) is 5.32 Å². The highest BCUT2D eigenvalue weighted by atomic mass is 16.5. The van der Waals surface area contributed by atoms with Gasteiger partial charge in [-0.05, 0) is 61.4 Å². The maximum Gasteiger partial charge on any atom is 0.119 e. The molecule has 0 amide bonds. The second-order valence-electron chi connectivity index (χ2n) is 6.00. The van der Waals surface area contributed by atoms with Crippen molar-refractivity contribution in [3.8, 4) is 5.75 Å². The smallest absolute Gasteiger partial charge is 0.119 e. The highest BCUT2D eigenvalue weighted by Gasteiger charge is 2.16. The summed E-state index contributed by atoms with van der Waals surface area (Å²) in [4.78, 5) is 0.